The standard InChI is InChI=1S/C23H28N4O2/c1-4-26(3)14-18-12-24-13-20(16(18)2)17-8-9-22-19(11-17)21(15-28)25-27(22)23-7-5-6-10-29-23/h8-9,11-13,15,23H,4-7,10,14H2,1-3H3. The molecule has 1 aromatic carbocycles. The Labute approximate surface area is 171 Å². The topological polar surface area (TPSA) is 60.2 Å². The van der Waals surface area contributed by atoms with Crippen molar-refractivity contribution in [1.82, 2.24) is 19.7 Å². The van der Waals surface area contributed by atoms with Gasteiger partial charge < -0.3 is 9.64 Å². The Morgan fingerprint density at radius 2 is 2.17 bits per heavy atom. The van der Waals surface area contributed by atoms with E-state index in [0.29, 0.717) is 5.69 Å². The van der Waals surface area contributed by atoms with E-state index in [1.165, 1.54) is 11.1 Å². The van der Waals surface area contributed by atoms with Crippen molar-refractivity contribution < 1.29 is 9.53 Å². The van der Waals surface area contributed by atoms with Crippen LogP contribution in [0.4, 0.5) is 0 Å². The van der Waals surface area contributed by atoms with Crippen molar-refractivity contribution in [2.45, 2.75) is 45.9 Å². The van der Waals surface area contributed by atoms with Crippen molar-refractivity contribution in [1.29, 1.82) is 0 Å². The zero-order valence-corrected chi connectivity index (χ0v) is 17.4. The number of fused-ring (bicyclic) bond motifs is 1. The first-order valence-electron chi connectivity index (χ1n) is 10.3. The van der Waals surface area contributed by atoms with E-state index in [4.69, 9.17) is 4.74 Å². The van der Waals surface area contributed by atoms with Crippen LogP contribution < -0.4 is 0 Å². The molecule has 0 saturated carbocycles. The second kappa shape index (κ2) is 8.43. The monoisotopic (exact) mass is 392 g/mol. The van der Waals surface area contributed by atoms with Crippen LogP contribution in [0.3, 0.4) is 0 Å². The molecule has 29 heavy (non-hydrogen) atoms. The molecule has 1 unspecified atom stereocenters. The lowest BCUT2D eigenvalue weighted by Crippen LogP contribution is -2.19. The lowest BCUT2D eigenvalue weighted by atomic mass is 9.97. The molecular formula is C23H28N4O2. The van der Waals surface area contributed by atoms with E-state index < -0.39 is 0 Å². The van der Waals surface area contributed by atoms with Gasteiger partial charge >= 0.3 is 0 Å². The molecule has 0 amide bonds. The van der Waals surface area contributed by atoms with Gasteiger partial charge in [0.05, 0.1) is 5.52 Å². The third-order valence-electron chi connectivity index (χ3n) is 5.89. The van der Waals surface area contributed by atoms with Gasteiger partial charge in [0.1, 0.15) is 5.69 Å². The fourth-order valence-corrected chi connectivity index (χ4v) is 3.98. The molecule has 6 heteroatoms. The second-order valence-corrected chi connectivity index (χ2v) is 7.80. The van der Waals surface area contributed by atoms with Gasteiger partial charge in [-0.25, -0.2) is 4.68 Å². The van der Waals surface area contributed by atoms with Gasteiger partial charge in [-0.3, -0.25) is 9.78 Å². The number of hydrogen-bond acceptors (Lipinski definition) is 5. The first kappa shape index (κ1) is 19.7. The summed E-state index contributed by atoms with van der Waals surface area (Å²) in [6.07, 6.45) is 7.71. The quantitative estimate of drug-likeness (QED) is 0.583. The molecule has 0 spiro atoms. The third kappa shape index (κ3) is 3.82. The molecule has 152 valence electrons. The van der Waals surface area contributed by atoms with Crippen LogP contribution in [0.25, 0.3) is 22.0 Å². The molecular weight excluding hydrogens is 364 g/mol. The molecule has 0 radical (unpaired) electrons. The van der Waals surface area contributed by atoms with Crippen molar-refractivity contribution in [3.8, 4) is 11.1 Å². The number of nitrogens with zero attached hydrogens (tertiary/aromatic N) is 4. The van der Waals surface area contributed by atoms with Crippen molar-refractivity contribution in [2.75, 3.05) is 20.2 Å². The maximum atomic E-state index is 11.7. The molecule has 1 aliphatic heterocycles. The minimum absolute atomic E-state index is 0.0953. The predicted octanol–water partition coefficient (Wildman–Crippen LogP) is 4.37. The largest absolute Gasteiger partial charge is 0.356 e. The predicted molar refractivity (Wildman–Crippen MR) is 114 cm³/mol. The van der Waals surface area contributed by atoms with Crippen molar-refractivity contribution in [2.24, 2.45) is 0 Å². The van der Waals surface area contributed by atoms with Crippen molar-refractivity contribution in [3.05, 3.63) is 47.4 Å². The van der Waals surface area contributed by atoms with E-state index >= 15 is 0 Å². The van der Waals surface area contributed by atoms with Gasteiger partial charge in [-0.05, 0) is 68.6 Å². The Bertz CT molecular complexity index is 1020. The van der Waals surface area contributed by atoms with Crippen LogP contribution in [0.1, 0.15) is 54.0 Å². The van der Waals surface area contributed by atoms with E-state index in [-0.39, 0.29) is 6.23 Å². The number of hydrogen-bond donors (Lipinski definition) is 0. The van der Waals surface area contributed by atoms with E-state index in [1.807, 2.05) is 23.1 Å². The summed E-state index contributed by atoms with van der Waals surface area (Å²) in [4.78, 5) is 18.4. The molecule has 3 heterocycles. The number of carbonyl (C=O) groups excluding carboxylic acids is 1. The lowest BCUT2D eigenvalue weighted by molar-refractivity contribution is -0.0367. The number of benzene rings is 1. The summed E-state index contributed by atoms with van der Waals surface area (Å²) in [5.41, 5.74) is 5.98. The Kier molecular flexibility index (Phi) is 5.74. The van der Waals surface area contributed by atoms with Crippen LogP contribution in [-0.4, -0.2) is 46.1 Å². The molecule has 1 aliphatic rings. The molecule has 0 aliphatic carbocycles. The minimum atomic E-state index is -0.0953. The number of carbonyl (C=O) groups is 1. The molecule has 2 aromatic heterocycles. The fourth-order valence-electron chi connectivity index (χ4n) is 3.98. The second-order valence-electron chi connectivity index (χ2n) is 7.80. The highest BCUT2D eigenvalue weighted by atomic mass is 16.5. The summed E-state index contributed by atoms with van der Waals surface area (Å²) in [5.74, 6) is 0. The average Bonchev–Trinajstić information content (AvgIpc) is 3.13. The zero-order chi connectivity index (χ0) is 20.4. The summed E-state index contributed by atoms with van der Waals surface area (Å²) in [7, 11) is 2.11. The number of aldehydes is 1. The molecule has 1 atom stereocenters. The Hall–Kier alpha value is -2.57. The van der Waals surface area contributed by atoms with Gasteiger partial charge in [0.25, 0.3) is 0 Å². The first-order valence-corrected chi connectivity index (χ1v) is 10.3. The van der Waals surface area contributed by atoms with Crippen LogP contribution in [0.5, 0.6) is 0 Å². The summed E-state index contributed by atoms with van der Waals surface area (Å²) >= 11 is 0. The highest BCUT2D eigenvalue weighted by Crippen LogP contribution is 2.32. The number of pyridine rings is 1. The van der Waals surface area contributed by atoms with E-state index in [2.05, 4.69) is 48.0 Å². The van der Waals surface area contributed by atoms with Gasteiger partial charge in [-0.2, -0.15) is 5.10 Å². The van der Waals surface area contributed by atoms with Crippen LogP contribution in [0.2, 0.25) is 0 Å². The first-order chi connectivity index (χ1) is 14.1. The Morgan fingerprint density at radius 1 is 1.31 bits per heavy atom. The van der Waals surface area contributed by atoms with Gasteiger partial charge in [-0.15, -0.1) is 0 Å². The molecule has 3 aromatic rings. The SMILES string of the molecule is CCN(C)Cc1cncc(-c2ccc3c(c2)c(C=O)nn3C2CCCCO2)c1C. The van der Waals surface area contributed by atoms with Gasteiger partial charge in [0.2, 0.25) is 0 Å². The normalized spacial score (nSPS) is 17.2. The number of ether oxygens (including phenoxy) is 1. The molecule has 0 N–H and O–H groups in total. The minimum Gasteiger partial charge on any atom is -0.356 e. The Balaban J connectivity index is 1.76. The van der Waals surface area contributed by atoms with Gasteiger partial charge in [0, 0.05) is 36.5 Å². The Morgan fingerprint density at radius 3 is 2.90 bits per heavy atom. The van der Waals surface area contributed by atoms with E-state index in [0.717, 1.165) is 67.3 Å². The molecule has 0 bridgehead atoms. The zero-order valence-electron chi connectivity index (χ0n) is 17.4. The molecule has 1 fully saturated rings. The summed E-state index contributed by atoms with van der Waals surface area (Å²) in [6.45, 7) is 6.88. The van der Waals surface area contributed by atoms with E-state index in [1.54, 1.807) is 0 Å². The maximum Gasteiger partial charge on any atom is 0.170 e. The smallest absolute Gasteiger partial charge is 0.170 e. The van der Waals surface area contributed by atoms with Crippen LogP contribution in [-0.2, 0) is 11.3 Å². The van der Waals surface area contributed by atoms with Crippen LogP contribution >= 0.6 is 0 Å². The summed E-state index contributed by atoms with van der Waals surface area (Å²) in [6, 6.07) is 6.20. The van der Waals surface area contributed by atoms with Crippen molar-refractivity contribution in [3.63, 3.8) is 0 Å². The number of aromatic nitrogens is 3. The lowest BCUT2D eigenvalue weighted by Gasteiger charge is -2.23. The fraction of sp³-hybridized carbons (Fsp3) is 0.435. The molecule has 1 saturated heterocycles. The molecule has 4 rings (SSSR count). The highest BCUT2D eigenvalue weighted by Gasteiger charge is 2.21. The van der Waals surface area contributed by atoms with Crippen LogP contribution in [0.15, 0.2) is 30.6 Å². The number of rotatable bonds is 6. The van der Waals surface area contributed by atoms with Crippen molar-refractivity contribution >= 4 is 17.2 Å². The summed E-state index contributed by atoms with van der Waals surface area (Å²) in [5, 5.41) is 5.42. The maximum absolute atomic E-state index is 11.7. The average molecular weight is 393 g/mol. The van der Waals surface area contributed by atoms with Crippen LogP contribution in [0, 0.1) is 6.92 Å². The van der Waals surface area contributed by atoms with Gasteiger partial charge in [-0.1, -0.05) is 13.0 Å². The van der Waals surface area contributed by atoms with Gasteiger partial charge in [0.15, 0.2) is 12.5 Å². The highest BCUT2D eigenvalue weighted by molar-refractivity contribution is 5.97. The molecule has 6 nitrogen and oxygen atoms in total. The third-order valence-corrected chi connectivity index (χ3v) is 5.89. The van der Waals surface area contributed by atoms with E-state index in [9.17, 15) is 4.79 Å². The summed E-state index contributed by atoms with van der Waals surface area (Å²) < 4.78 is 7.77.